The summed E-state index contributed by atoms with van der Waals surface area (Å²) in [4.78, 5) is 21.7. The number of hydrogen-bond donors (Lipinski definition) is 2. The number of rotatable bonds is 3. The molecule has 192 valence electrons. The Morgan fingerprint density at radius 3 is 2.61 bits per heavy atom. The smallest absolute Gasteiger partial charge is 0.337 e. The van der Waals surface area contributed by atoms with Crippen LogP contribution in [0.4, 0.5) is 0 Å². The largest absolute Gasteiger partial charge is 0.494 e. The zero-order valence-corrected chi connectivity index (χ0v) is 22.5. The number of carbonyl (C=O) groups excluding carboxylic acids is 1. The zero-order chi connectivity index (χ0) is 26.1. The Hall–Kier alpha value is -3.84. The quantitative estimate of drug-likeness (QED) is 0.230. The van der Waals surface area contributed by atoms with Crippen molar-refractivity contribution in [1.82, 2.24) is 14.4 Å². The van der Waals surface area contributed by atoms with E-state index in [4.69, 9.17) is 4.74 Å². The molecule has 38 heavy (non-hydrogen) atoms. The van der Waals surface area contributed by atoms with E-state index in [1.807, 2.05) is 36.4 Å². The van der Waals surface area contributed by atoms with Crippen LogP contribution >= 0.6 is 11.3 Å². The lowest BCUT2D eigenvalue weighted by atomic mass is 9.82. The van der Waals surface area contributed by atoms with Crippen molar-refractivity contribution in [2.24, 2.45) is 0 Å². The van der Waals surface area contributed by atoms with Gasteiger partial charge in [-0.2, -0.15) is 0 Å². The first-order valence-electron chi connectivity index (χ1n) is 13.2. The lowest BCUT2D eigenvalue weighted by Crippen LogP contribution is -2.04. The predicted octanol–water partition coefficient (Wildman–Crippen LogP) is 8.01. The van der Waals surface area contributed by atoms with Gasteiger partial charge in [0.2, 0.25) is 5.88 Å². The van der Waals surface area contributed by atoms with Crippen LogP contribution < -0.4 is 0 Å². The Balaban J connectivity index is 1.53. The van der Waals surface area contributed by atoms with E-state index in [1.54, 1.807) is 11.3 Å². The fourth-order valence-corrected chi connectivity index (χ4v) is 7.39. The molecule has 2 N–H and O–H groups in total. The number of aryl methyl sites for hydroxylation is 2. The van der Waals surface area contributed by atoms with Crippen LogP contribution in [-0.4, -0.2) is 32.6 Å². The first-order chi connectivity index (χ1) is 18.4. The molecule has 1 saturated carbocycles. The highest BCUT2D eigenvalue weighted by Gasteiger charge is 2.28. The third kappa shape index (κ3) is 3.38. The molecule has 6 aromatic rings. The molecule has 2 aromatic carbocycles. The lowest BCUT2D eigenvalue weighted by Gasteiger charge is -2.22. The number of aromatic amines is 1. The van der Waals surface area contributed by atoms with Gasteiger partial charge in [-0.1, -0.05) is 31.4 Å². The fourth-order valence-electron chi connectivity index (χ4n) is 6.49. The molecule has 4 aromatic heterocycles. The molecule has 7 heteroatoms. The molecule has 1 fully saturated rings. The second-order valence-corrected chi connectivity index (χ2v) is 11.7. The number of H-pyrrole nitrogens is 1. The van der Waals surface area contributed by atoms with Crippen LogP contribution in [0, 0.1) is 13.8 Å². The average Bonchev–Trinajstić information content (AvgIpc) is 3.55. The molecule has 6 nitrogen and oxygen atoms in total. The predicted molar refractivity (Wildman–Crippen MR) is 154 cm³/mol. The summed E-state index contributed by atoms with van der Waals surface area (Å²) in [7, 11) is 1.40. The molecular formula is C31H29N3O3S. The number of benzene rings is 2. The molecule has 1 aliphatic rings. The number of ether oxygens (including phenoxy) is 1. The molecule has 1 aliphatic carbocycles. The van der Waals surface area contributed by atoms with Crippen molar-refractivity contribution >= 4 is 55.4 Å². The molecule has 4 heterocycles. The summed E-state index contributed by atoms with van der Waals surface area (Å²) in [6, 6.07) is 14.2. The third-order valence-electron chi connectivity index (χ3n) is 8.19. The van der Waals surface area contributed by atoms with Gasteiger partial charge in [-0.15, -0.1) is 11.3 Å². The van der Waals surface area contributed by atoms with Crippen LogP contribution in [0.2, 0.25) is 0 Å². The number of nitrogens with zero attached hydrogens (tertiary/aromatic N) is 2. The Morgan fingerprint density at radius 1 is 1.05 bits per heavy atom. The first-order valence-corrected chi connectivity index (χ1v) is 14.0. The van der Waals surface area contributed by atoms with E-state index in [0.29, 0.717) is 11.5 Å². The van der Waals surface area contributed by atoms with E-state index < -0.39 is 0 Å². The number of esters is 1. The number of pyridine rings is 1. The Kier molecular flexibility index (Phi) is 5.27. The van der Waals surface area contributed by atoms with E-state index in [-0.39, 0.29) is 11.8 Å². The van der Waals surface area contributed by atoms with Gasteiger partial charge in [-0.05, 0) is 73.9 Å². The third-order valence-corrected chi connectivity index (χ3v) is 9.29. The van der Waals surface area contributed by atoms with Crippen molar-refractivity contribution in [3.8, 4) is 16.5 Å². The summed E-state index contributed by atoms with van der Waals surface area (Å²) >= 11 is 1.68. The van der Waals surface area contributed by atoms with Gasteiger partial charge in [-0.3, -0.25) is 4.40 Å². The zero-order valence-electron chi connectivity index (χ0n) is 21.7. The highest BCUT2D eigenvalue weighted by molar-refractivity contribution is 7.15. The van der Waals surface area contributed by atoms with Crippen molar-refractivity contribution in [1.29, 1.82) is 0 Å². The number of fused-ring (bicyclic) bond motifs is 6. The molecule has 0 unspecified atom stereocenters. The highest BCUT2D eigenvalue weighted by atomic mass is 32.1. The van der Waals surface area contributed by atoms with Gasteiger partial charge in [0.05, 0.1) is 45.0 Å². The van der Waals surface area contributed by atoms with Crippen molar-refractivity contribution < 1.29 is 14.6 Å². The minimum absolute atomic E-state index is 0.203. The summed E-state index contributed by atoms with van der Waals surface area (Å²) in [6.07, 6.45) is 5.97. The van der Waals surface area contributed by atoms with Crippen LogP contribution in [0.25, 0.3) is 48.7 Å². The van der Waals surface area contributed by atoms with Gasteiger partial charge in [0.1, 0.15) is 0 Å². The molecule has 0 radical (unpaired) electrons. The van der Waals surface area contributed by atoms with E-state index in [0.717, 1.165) is 72.2 Å². The van der Waals surface area contributed by atoms with Gasteiger partial charge < -0.3 is 14.8 Å². The van der Waals surface area contributed by atoms with Crippen molar-refractivity contribution in [3.63, 3.8) is 0 Å². The van der Waals surface area contributed by atoms with Crippen LogP contribution in [0.15, 0.2) is 42.5 Å². The van der Waals surface area contributed by atoms with E-state index in [9.17, 15) is 9.90 Å². The minimum atomic E-state index is -0.377. The van der Waals surface area contributed by atoms with Crippen LogP contribution in [0.3, 0.4) is 0 Å². The van der Waals surface area contributed by atoms with Gasteiger partial charge in [-0.25, -0.2) is 9.78 Å². The number of methoxy groups -OCH3 is 1. The van der Waals surface area contributed by atoms with E-state index in [1.165, 1.54) is 31.9 Å². The number of hydrogen-bond acceptors (Lipinski definition) is 5. The topological polar surface area (TPSA) is 79.6 Å². The fraction of sp³-hybridized carbons (Fsp3) is 0.290. The molecule has 0 saturated heterocycles. The van der Waals surface area contributed by atoms with Crippen molar-refractivity contribution in [2.45, 2.75) is 51.9 Å². The average molecular weight is 524 g/mol. The SMILES string of the molecule is COC(=O)c1ccc2c(C3CCCCC3)c3c4cc5ccc(-c6sc(C)nc6C)[nH]c5cc4c(O)n3c2c1. The number of aromatic nitrogens is 3. The van der Waals surface area contributed by atoms with Gasteiger partial charge >= 0.3 is 5.97 Å². The Bertz CT molecular complexity index is 1900. The lowest BCUT2D eigenvalue weighted by molar-refractivity contribution is 0.0601. The molecule has 0 aliphatic heterocycles. The Morgan fingerprint density at radius 2 is 1.87 bits per heavy atom. The van der Waals surface area contributed by atoms with Crippen LogP contribution in [0.5, 0.6) is 5.88 Å². The molecule has 0 bridgehead atoms. The monoisotopic (exact) mass is 523 g/mol. The number of aromatic hydroxyl groups is 1. The second-order valence-electron chi connectivity index (χ2n) is 10.5. The summed E-state index contributed by atoms with van der Waals surface area (Å²) in [5, 5.41) is 16.7. The van der Waals surface area contributed by atoms with Gasteiger partial charge in [0.25, 0.3) is 0 Å². The van der Waals surface area contributed by atoms with Crippen LogP contribution in [-0.2, 0) is 4.74 Å². The van der Waals surface area contributed by atoms with Gasteiger partial charge in [0.15, 0.2) is 0 Å². The molecule has 0 atom stereocenters. The van der Waals surface area contributed by atoms with Crippen molar-refractivity contribution in [3.05, 3.63) is 64.3 Å². The second kappa shape index (κ2) is 8.60. The normalized spacial score (nSPS) is 14.8. The Labute approximate surface area is 223 Å². The van der Waals surface area contributed by atoms with E-state index in [2.05, 4.69) is 34.2 Å². The highest BCUT2D eigenvalue weighted by Crippen LogP contribution is 2.47. The maximum Gasteiger partial charge on any atom is 0.337 e. The van der Waals surface area contributed by atoms with Crippen LogP contribution in [0.1, 0.15) is 64.6 Å². The molecular weight excluding hydrogens is 494 g/mol. The standard InChI is InChI=1S/C31H29N3O3S/c1-16-29(38-17(2)32-16)24-12-10-19-13-22-23(15-25(19)33-24)30(35)34-26-14-20(31(36)37-3)9-11-21(26)27(28(22)34)18-7-5-4-6-8-18/h9-15,18,33,35H,4-8H2,1-3H3. The summed E-state index contributed by atoms with van der Waals surface area (Å²) in [6.45, 7) is 4.06. The number of nitrogens with one attached hydrogen (secondary N) is 1. The number of thiazole rings is 1. The maximum absolute atomic E-state index is 12.4. The van der Waals surface area contributed by atoms with Gasteiger partial charge in [0, 0.05) is 21.7 Å². The summed E-state index contributed by atoms with van der Waals surface area (Å²) in [5.41, 5.74) is 6.67. The maximum atomic E-state index is 12.4. The van der Waals surface area contributed by atoms with Crippen molar-refractivity contribution in [2.75, 3.05) is 7.11 Å². The summed E-state index contributed by atoms with van der Waals surface area (Å²) < 4.78 is 6.95. The number of carbonyl (C=O) groups is 1. The molecule has 0 spiro atoms. The first kappa shape index (κ1) is 23.3. The molecule has 7 rings (SSSR count). The summed E-state index contributed by atoms with van der Waals surface area (Å²) in [5.74, 6) is 0.250. The minimum Gasteiger partial charge on any atom is -0.494 e. The molecule has 0 amide bonds. The van der Waals surface area contributed by atoms with E-state index >= 15 is 0 Å².